The summed E-state index contributed by atoms with van der Waals surface area (Å²) in [6.45, 7) is 1.11. The third-order valence-electron chi connectivity index (χ3n) is 5.38. The minimum Gasteiger partial charge on any atom is -0.447 e. The Morgan fingerprint density at radius 2 is 1.79 bits per heavy atom. The smallest absolute Gasteiger partial charge is 0.414 e. The molecule has 1 saturated heterocycles. The van der Waals surface area contributed by atoms with Crippen molar-refractivity contribution in [3.63, 3.8) is 0 Å². The summed E-state index contributed by atoms with van der Waals surface area (Å²) in [7, 11) is 0. The molecule has 1 aliphatic rings. The average Bonchev–Trinajstić information content (AvgIpc) is 3.50. The molecule has 8 nitrogen and oxygen atoms in total. The number of para-hydroxylation sites is 1. The van der Waals surface area contributed by atoms with Crippen LogP contribution < -0.4 is 10.2 Å². The first-order chi connectivity index (χ1) is 16.2. The fraction of sp³-hybridized carbons (Fsp3) is 0.120. The number of hydrogen-bond donors (Lipinski definition) is 1. The lowest BCUT2D eigenvalue weighted by Crippen LogP contribution is -2.25. The first-order valence-electron chi connectivity index (χ1n) is 10.6. The lowest BCUT2D eigenvalue weighted by Gasteiger charge is -2.13. The molecule has 1 aliphatic heterocycles. The van der Waals surface area contributed by atoms with Gasteiger partial charge in [0.25, 0.3) is 5.91 Å². The van der Waals surface area contributed by atoms with E-state index in [9.17, 15) is 9.59 Å². The minimum absolute atomic E-state index is 0.238. The number of cyclic esters (lactones) is 1. The van der Waals surface area contributed by atoms with Crippen LogP contribution in [-0.4, -0.2) is 39.9 Å². The van der Waals surface area contributed by atoms with Crippen LogP contribution in [0.3, 0.4) is 0 Å². The number of pyridine rings is 1. The first-order valence-corrected chi connectivity index (χ1v) is 10.6. The molecule has 8 heteroatoms. The lowest BCUT2D eigenvalue weighted by molar-refractivity contribution is 0.0951. The molecule has 4 aromatic rings. The molecule has 0 aliphatic carbocycles. The maximum Gasteiger partial charge on any atom is 0.414 e. The molecule has 1 N–H and O–H groups in total. The summed E-state index contributed by atoms with van der Waals surface area (Å²) in [5.74, 6) is -0.238. The van der Waals surface area contributed by atoms with Crippen LogP contribution in [0.2, 0.25) is 0 Å². The van der Waals surface area contributed by atoms with Gasteiger partial charge in [0.1, 0.15) is 6.61 Å². The highest BCUT2D eigenvalue weighted by atomic mass is 16.6. The largest absolute Gasteiger partial charge is 0.447 e. The van der Waals surface area contributed by atoms with E-state index < -0.39 is 6.09 Å². The number of carbonyl (C=O) groups is 2. The summed E-state index contributed by atoms with van der Waals surface area (Å²) in [5, 5.41) is 7.73. The Morgan fingerprint density at radius 3 is 2.55 bits per heavy atom. The Labute approximate surface area is 190 Å². The van der Waals surface area contributed by atoms with Crippen molar-refractivity contribution in [3.05, 3.63) is 96.4 Å². The van der Waals surface area contributed by atoms with Gasteiger partial charge >= 0.3 is 6.09 Å². The number of anilines is 1. The molecule has 2 amide bonds. The number of amides is 2. The monoisotopic (exact) mass is 439 g/mol. The second-order valence-electron chi connectivity index (χ2n) is 7.52. The Balaban J connectivity index is 1.38. The molecule has 2 aromatic carbocycles. The number of hydrogen-bond acceptors (Lipinski definition) is 5. The van der Waals surface area contributed by atoms with Gasteiger partial charge in [-0.3, -0.25) is 14.7 Å². The van der Waals surface area contributed by atoms with Gasteiger partial charge in [0.05, 0.1) is 17.9 Å². The summed E-state index contributed by atoms with van der Waals surface area (Å²) in [6.07, 6.45) is 4.95. The highest BCUT2D eigenvalue weighted by Crippen LogP contribution is 2.24. The van der Waals surface area contributed by atoms with Gasteiger partial charge in [-0.05, 0) is 42.5 Å². The molecule has 1 fully saturated rings. The molecule has 0 unspecified atom stereocenters. The molecule has 0 bridgehead atoms. The highest BCUT2D eigenvalue weighted by Gasteiger charge is 2.24. The molecule has 5 rings (SSSR count). The van der Waals surface area contributed by atoms with E-state index in [4.69, 9.17) is 9.84 Å². The van der Waals surface area contributed by atoms with Crippen LogP contribution in [0, 0.1) is 0 Å². The van der Waals surface area contributed by atoms with Crippen LogP contribution in [0.15, 0.2) is 85.3 Å². The van der Waals surface area contributed by atoms with E-state index in [1.54, 1.807) is 41.3 Å². The number of nitrogens with zero attached hydrogens (tertiary/aromatic N) is 4. The van der Waals surface area contributed by atoms with E-state index in [-0.39, 0.29) is 5.91 Å². The van der Waals surface area contributed by atoms with Crippen molar-refractivity contribution in [2.24, 2.45) is 0 Å². The number of rotatable bonds is 6. The van der Waals surface area contributed by atoms with Crippen LogP contribution in [0.1, 0.15) is 15.9 Å². The predicted molar refractivity (Wildman–Crippen MR) is 123 cm³/mol. The molecule has 0 radical (unpaired) electrons. The molecular weight excluding hydrogens is 418 g/mol. The molecule has 0 spiro atoms. The minimum atomic E-state index is -0.400. The van der Waals surface area contributed by atoms with Crippen molar-refractivity contribution in [3.8, 4) is 16.9 Å². The molecule has 2 aromatic heterocycles. The van der Waals surface area contributed by atoms with Gasteiger partial charge < -0.3 is 10.1 Å². The SMILES string of the molecule is O=C(NCc1cn(-c2ccccc2)nc1-c1ccncc1)c1cccc(N2CCOC2=O)c1. The maximum atomic E-state index is 12.9. The first kappa shape index (κ1) is 20.4. The summed E-state index contributed by atoms with van der Waals surface area (Å²) >= 11 is 0. The zero-order valence-electron chi connectivity index (χ0n) is 17.7. The number of nitrogens with one attached hydrogen (secondary N) is 1. The van der Waals surface area contributed by atoms with E-state index in [0.29, 0.717) is 30.9 Å². The van der Waals surface area contributed by atoms with Crippen molar-refractivity contribution in [1.29, 1.82) is 0 Å². The highest BCUT2D eigenvalue weighted by molar-refractivity contribution is 5.97. The quantitative estimate of drug-likeness (QED) is 0.493. The van der Waals surface area contributed by atoms with Crippen LogP contribution in [0.25, 0.3) is 16.9 Å². The zero-order valence-corrected chi connectivity index (χ0v) is 17.7. The molecule has 33 heavy (non-hydrogen) atoms. The fourth-order valence-electron chi connectivity index (χ4n) is 3.73. The van der Waals surface area contributed by atoms with E-state index >= 15 is 0 Å². The second kappa shape index (κ2) is 8.96. The summed E-state index contributed by atoms with van der Waals surface area (Å²) in [5.41, 5.74) is 4.59. The lowest BCUT2D eigenvalue weighted by atomic mass is 10.1. The molecule has 0 atom stereocenters. The van der Waals surface area contributed by atoms with Crippen molar-refractivity contribution >= 4 is 17.7 Å². The summed E-state index contributed by atoms with van der Waals surface area (Å²) in [4.78, 5) is 30.4. The van der Waals surface area contributed by atoms with Crippen LogP contribution in [0.5, 0.6) is 0 Å². The average molecular weight is 439 g/mol. The summed E-state index contributed by atoms with van der Waals surface area (Å²) in [6, 6.07) is 20.5. The van der Waals surface area contributed by atoms with Crippen LogP contribution >= 0.6 is 0 Å². The molecule has 0 saturated carbocycles. The Hall–Kier alpha value is -4.46. The number of aromatic nitrogens is 3. The third-order valence-corrected chi connectivity index (χ3v) is 5.38. The third kappa shape index (κ3) is 4.31. The zero-order chi connectivity index (χ0) is 22.6. The Kier molecular flexibility index (Phi) is 5.55. The van der Waals surface area contributed by atoms with E-state index in [1.807, 2.05) is 48.7 Å². The Bertz CT molecular complexity index is 1290. The molecule has 3 heterocycles. The topological polar surface area (TPSA) is 89.3 Å². The number of benzene rings is 2. The van der Waals surface area contributed by atoms with E-state index in [0.717, 1.165) is 22.5 Å². The van der Waals surface area contributed by atoms with Gasteiger partial charge in [-0.15, -0.1) is 0 Å². The van der Waals surface area contributed by atoms with Gasteiger partial charge in [-0.2, -0.15) is 5.10 Å². The van der Waals surface area contributed by atoms with Gasteiger partial charge in [0.15, 0.2) is 0 Å². The van der Waals surface area contributed by atoms with Crippen LogP contribution in [0.4, 0.5) is 10.5 Å². The van der Waals surface area contributed by atoms with Crippen molar-refractivity contribution in [2.75, 3.05) is 18.1 Å². The summed E-state index contributed by atoms with van der Waals surface area (Å²) < 4.78 is 6.79. The number of ether oxygens (including phenoxy) is 1. The van der Waals surface area contributed by atoms with Gasteiger partial charge in [-0.25, -0.2) is 9.48 Å². The second-order valence-corrected chi connectivity index (χ2v) is 7.52. The normalized spacial score (nSPS) is 13.1. The Morgan fingerprint density at radius 1 is 1.00 bits per heavy atom. The van der Waals surface area contributed by atoms with E-state index in [2.05, 4.69) is 10.3 Å². The van der Waals surface area contributed by atoms with Gasteiger partial charge in [0, 0.05) is 47.5 Å². The van der Waals surface area contributed by atoms with Crippen LogP contribution in [-0.2, 0) is 11.3 Å². The number of carbonyl (C=O) groups excluding carboxylic acids is 2. The molecule has 164 valence electrons. The van der Waals surface area contributed by atoms with Crippen molar-refractivity contribution in [1.82, 2.24) is 20.1 Å². The van der Waals surface area contributed by atoms with Gasteiger partial charge in [-0.1, -0.05) is 24.3 Å². The van der Waals surface area contributed by atoms with Crippen molar-refractivity contribution < 1.29 is 14.3 Å². The molecular formula is C25H21N5O3. The standard InChI is InChI=1S/C25H21N5O3/c31-24(19-5-4-8-22(15-19)29-13-14-33-25(29)32)27-16-20-17-30(21-6-2-1-3-7-21)28-23(20)18-9-11-26-12-10-18/h1-12,15,17H,13-14,16H2,(H,27,31). The maximum absolute atomic E-state index is 12.9. The van der Waals surface area contributed by atoms with Gasteiger partial charge in [0.2, 0.25) is 0 Å². The fourth-order valence-corrected chi connectivity index (χ4v) is 3.73. The predicted octanol–water partition coefficient (Wildman–Crippen LogP) is 3.82. The van der Waals surface area contributed by atoms with Crippen molar-refractivity contribution in [2.45, 2.75) is 6.54 Å². The van der Waals surface area contributed by atoms with E-state index in [1.165, 1.54) is 4.90 Å².